The van der Waals surface area contributed by atoms with Gasteiger partial charge in [0.05, 0.1) is 5.56 Å². The van der Waals surface area contributed by atoms with E-state index in [-0.39, 0.29) is 16.9 Å². The lowest BCUT2D eigenvalue weighted by molar-refractivity contribution is -0.128. The zero-order valence-electron chi connectivity index (χ0n) is 9.69. The largest absolute Gasteiger partial charge is 0.478 e. The molecule has 1 aromatic rings. The molecule has 2 N–H and O–H groups in total. The summed E-state index contributed by atoms with van der Waals surface area (Å²) in [6.45, 7) is 1.96. The third kappa shape index (κ3) is 2.30. The number of benzene rings is 1. The number of hydrogen-bond donors (Lipinski definition) is 2. The molecule has 0 spiro atoms. The molecule has 0 saturated heterocycles. The Morgan fingerprint density at radius 1 is 1.24 bits per heavy atom. The SMILES string of the molecule is CC1(C(=O)Nc2ccc(C(=O)O)cc2)CCC1. The summed E-state index contributed by atoms with van der Waals surface area (Å²) in [6, 6.07) is 6.20. The van der Waals surface area contributed by atoms with Crippen LogP contribution in [0.1, 0.15) is 36.5 Å². The summed E-state index contributed by atoms with van der Waals surface area (Å²) in [7, 11) is 0. The zero-order valence-corrected chi connectivity index (χ0v) is 9.69. The number of carbonyl (C=O) groups is 2. The highest BCUT2D eigenvalue weighted by atomic mass is 16.4. The molecule has 1 aliphatic carbocycles. The van der Waals surface area contributed by atoms with Crippen molar-refractivity contribution in [1.29, 1.82) is 0 Å². The zero-order chi connectivity index (χ0) is 12.5. The first kappa shape index (κ1) is 11.6. The van der Waals surface area contributed by atoms with Crippen LogP contribution in [0.2, 0.25) is 0 Å². The Labute approximate surface area is 99.6 Å². The van der Waals surface area contributed by atoms with Crippen molar-refractivity contribution in [2.24, 2.45) is 5.41 Å². The Bertz CT molecular complexity index is 446. The van der Waals surface area contributed by atoms with Gasteiger partial charge in [0.25, 0.3) is 0 Å². The molecule has 90 valence electrons. The third-order valence-corrected chi connectivity index (χ3v) is 3.40. The van der Waals surface area contributed by atoms with Crippen LogP contribution in [0.25, 0.3) is 0 Å². The molecule has 1 saturated carbocycles. The number of carboxylic acids is 1. The van der Waals surface area contributed by atoms with Gasteiger partial charge in [0.2, 0.25) is 5.91 Å². The van der Waals surface area contributed by atoms with Crippen molar-refractivity contribution < 1.29 is 14.7 Å². The smallest absolute Gasteiger partial charge is 0.335 e. The molecule has 1 fully saturated rings. The Kier molecular flexibility index (Phi) is 2.88. The maximum absolute atomic E-state index is 11.9. The van der Waals surface area contributed by atoms with Gasteiger partial charge in [-0.2, -0.15) is 0 Å². The van der Waals surface area contributed by atoms with Gasteiger partial charge in [0.1, 0.15) is 0 Å². The minimum atomic E-state index is -0.964. The van der Waals surface area contributed by atoms with Crippen molar-refractivity contribution >= 4 is 17.6 Å². The quantitative estimate of drug-likeness (QED) is 0.843. The lowest BCUT2D eigenvalue weighted by Crippen LogP contribution is -2.39. The second-order valence-electron chi connectivity index (χ2n) is 4.75. The second-order valence-corrected chi connectivity index (χ2v) is 4.75. The van der Waals surface area contributed by atoms with Crippen LogP contribution in [0, 0.1) is 5.41 Å². The highest BCUT2D eigenvalue weighted by molar-refractivity contribution is 5.96. The highest BCUT2D eigenvalue weighted by Gasteiger charge is 2.39. The summed E-state index contributed by atoms with van der Waals surface area (Å²) in [5, 5.41) is 11.6. The Morgan fingerprint density at radius 2 is 1.82 bits per heavy atom. The van der Waals surface area contributed by atoms with E-state index in [0.717, 1.165) is 19.3 Å². The molecular formula is C13H15NO3. The standard InChI is InChI=1S/C13H15NO3/c1-13(7-2-8-13)12(17)14-10-5-3-9(4-6-10)11(15)16/h3-6H,2,7-8H2,1H3,(H,14,17)(H,15,16). The highest BCUT2D eigenvalue weighted by Crippen LogP contribution is 2.41. The molecule has 2 rings (SSSR count). The maximum Gasteiger partial charge on any atom is 0.335 e. The van der Waals surface area contributed by atoms with Crippen molar-refractivity contribution in [2.75, 3.05) is 5.32 Å². The number of amides is 1. The van der Waals surface area contributed by atoms with E-state index in [0.29, 0.717) is 5.69 Å². The van der Waals surface area contributed by atoms with E-state index in [9.17, 15) is 9.59 Å². The number of nitrogens with one attached hydrogen (secondary N) is 1. The maximum atomic E-state index is 11.9. The summed E-state index contributed by atoms with van der Waals surface area (Å²) in [5.41, 5.74) is 0.622. The second kappa shape index (κ2) is 4.20. The lowest BCUT2D eigenvalue weighted by Gasteiger charge is -2.36. The fourth-order valence-corrected chi connectivity index (χ4v) is 1.91. The van der Waals surface area contributed by atoms with Gasteiger partial charge < -0.3 is 10.4 Å². The van der Waals surface area contributed by atoms with Crippen LogP contribution < -0.4 is 5.32 Å². The fourth-order valence-electron chi connectivity index (χ4n) is 1.91. The molecule has 0 aromatic heterocycles. The van der Waals surface area contributed by atoms with E-state index in [1.807, 2.05) is 6.92 Å². The normalized spacial score (nSPS) is 17.0. The van der Waals surface area contributed by atoms with Crippen LogP contribution in [0.4, 0.5) is 5.69 Å². The summed E-state index contributed by atoms with van der Waals surface area (Å²) >= 11 is 0. The molecule has 0 aliphatic heterocycles. The first-order valence-corrected chi connectivity index (χ1v) is 5.66. The van der Waals surface area contributed by atoms with Crippen molar-refractivity contribution in [3.8, 4) is 0 Å². The molecule has 1 aliphatic rings. The van der Waals surface area contributed by atoms with E-state index in [2.05, 4.69) is 5.32 Å². The van der Waals surface area contributed by atoms with Gasteiger partial charge >= 0.3 is 5.97 Å². The van der Waals surface area contributed by atoms with Crippen LogP contribution in [0.3, 0.4) is 0 Å². The third-order valence-electron chi connectivity index (χ3n) is 3.40. The van der Waals surface area contributed by atoms with Crippen LogP contribution >= 0.6 is 0 Å². The molecule has 17 heavy (non-hydrogen) atoms. The summed E-state index contributed by atoms with van der Waals surface area (Å²) < 4.78 is 0. The number of carboxylic acid groups (broad SMARTS) is 1. The van der Waals surface area contributed by atoms with Crippen molar-refractivity contribution in [3.63, 3.8) is 0 Å². The molecule has 1 amide bonds. The summed E-state index contributed by atoms with van der Waals surface area (Å²) in [5.74, 6) is -0.944. The van der Waals surface area contributed by atoms with Crippen molar-refractivity contribution in [1.82, 2.24) is 0 Å². The molecule has 0 radical (unpaired) electrons. The van der Waals surface area contributed by atoms with Gasteiger partial charge in [-0.1, -0.05) is 13.3 Å². The molecule has 1 aromatic carbocycles. The number of hydrogen-bond acceptors (Lipinski definition) is 2. The van der Waals surface area contributed by atoms with E-state index >= 15 is 0 Å². The van der Waals surface area contributed by atoms with Gasteiger partial charge in [0.15, 0.2) is 0 Å². The van der Waals surface area contributed by atoms with Crippen molar-refractivity contribution in [2.45, 2.75) is 26.2 Å². The molecule has 4 heteroatoms. The van der Waals surface area contributed by atoms with E-state index in [4.69, 9.17) is 5.11 Å². The topological polar surface area (TPSA) is 66.4 Å². The molecular weight excluding hydrogens is 218 g/mol. The number of carbonyl (C=O) groups excluding carboxylic acids is 1. The van der Waals surface area contributed by atoms with Gasteiger partial charge in [-0.3, -0.25) is 4.79 Å². The van der Waals surface area contributed by atoms with Crippen LogP contribution in [-0.4, -0.2) is 17.0 Å². The molecule has 0 unspecified atom stereocenters. The Hall–Kier alpha value is -1.84. The van der Waals surface area contributed by atoms with Gasteiger partial charge in [-0.05, 0) is 37.1 Å². The minimum absolute atomic E-state index is 0.0202. The van der Waals surface area contributed by atoms with E-state index in [1.165, 1.54) is 12.1 Å². The van der Waals surface area contributed by atoms with Crippen LogP contribution in [0.5, 0.6) is 0 Å². The predicted octanol–water partition coefficient (Wildman–Crippen LogP) is 2.51. The first-order chi connectivity index (χ1) is 8.01. The summed E-state index contributed by atoms with van der Waals surface area (Å²) in [6.07, 6.45) is 2.94. The van der Waals surface area contributed by atoms with Crippen LogP contribution in [0.15, 0.2) is 24.3 Å². The molecule has 0 bridgehead atoms. The van der Waals surface area contributed by atoms with E-state index in [1.54, 1.807) is 12.1 Å². The first-order valence-electron chi connectivity index (χ1n) is 5.66. The van der Waals surface area contributed by atoms with Gasteiger partial charge in [0, 0.05) is 11.1 Å². The molecule has 0 atom stereocenters. The summed E-state index contributed by atoms with van der Waals surface area (Å²) in [4.78, 5) is 22.6. The monoisotopic (exact) mass is 233 g/mol. The Balaban J connectivity index is 2.04. The van der Waals surface area contributed by atoms with E-state index < -0.39 is 5.97 Å². The Morgan fingerprint density at radius 3 is 2.24 bits per heavy atom. The predicted molar refractivity (Wildman–Crippen MR) is 64.0 cm³/mol. The molecule has 0 heterocycles. The average Bonchev–Trinajstić information content (AvgIpc) is 2.26. The average molecular weight is 233 g/mol. The van der Waals surface area contributed by atoms with Crippen molar-refractivity contribution in [3.05, 3.63) is 29.8 Å². The van der Waals surface area contributed by atoms with Gasteiger partial charge in [-0.15, -0.1) is 0 Å². The minimum Gasteiger partial charge on any atom is -0.478 e. The lowest BCUT2D eigenvalue weighted by atomic mass is 9.70. The van der Waals surface area contributed by atoms with Gasteiger partial charge in [-0.25, -0.2) is 4.79 Å². The van der Waals surface area contributed by atoms with Crippen LogP contribution in [-0.2, 0) is 4.79 Å². The number of rotatable bonds is 3. The number of aromatic carboxylic acids is 1. The molecule has 4 nitrogen and oxygen atoms in total. The number of anilines is 1. The fraction of sp³-hybridized carbons (Fsp3) is 0.385.